The van der Waals surface area contributed by atoms with E-state index >= 15 is 0 Å². The summed E-state index contributed by atoms with van der Waals surface area (Å²) < 4.78 is 0. The summed E-state index contributed by atoms with van der Waals surface area (Å²) in [6.07, 6.45) is 5.93. The van der Waals surface area contributed by atoms with Crippen molar-refractivity contribution < 1.29 is 4.79 Å². The Bertz CT molecular complexity index is 928. The standard InChI is InChI=1S/C20H21N3O/c1-12-2-7-17(21)10-18(12)15-6-5-14-9-19(22-11-16(14)8-15)23-20(24)13-3-4-13/h2,5-11,13,19,22H,3-4,21H2,1H3,(H,23,24). The summed E-state index contributed by atoms with van der Waals surface area (Å²) in [4.78, 5) is 11.9. The van der Waals surface area contributed by atoms with Crippen LogP contribution in [0.1, 0.15) is 18.4 Å². The number of carbonyl (C=O) groups excluding carboxylic acids is 1. The molecule has 1 unspecified atom stereocenters. The molecule has 4 nitrogen and oxygen atoms in total. The van der Waals surface area contributed by atoms with Crippen molar-refractivity contribution in [3.05, 3.63) is 52.4 Å². The molecule has 4 heteroatoms. The summed E-state index contributed by atoms with van der Waals surface area (Å²) in [7, 11) is 0. The van der Waals surface area contributed by atoms with Crippen molar-refractivity contribution in [2.24, 2.45) is 5.92 Å². The summed E-state index contributed by atoms with van der Waals surface area (Å²) >= 11 is 0. The molecule has 2 aromatic rings. The largest absolute Gasteiger partial charge is 0.399 e. The lowest BCUT2D eigenvalue weighted by Gasteiger charge is -2.18. The first-order valence-corrected chi connectivity index (χ1v) is 8.35. The maximum absolute atomic E-state index is 11.9. The number of amides is 1. The highest BCUT2D eigenvalue weighted by atomic mass is 16.2. The molecule has 2 aliphatic rings. The molecule has 0 radical (unpaired) electrons. The van der Waals surface area contributed by atoms with E-state index in [0.29, 0.717) is 0 Å². The fraction of sp³-hybridized carbons (Fsp3) is 0.250. The van der Waals surface area contributed by atoms with Gasteiger partial charge in [0.1, 0.15) is 6.17 Å². The number of aryl methyl sites for hydroxylation is 1. The highest BCUT2D eigenvalue weighted by molar-refractivity contribution is 5.82. The van der Waals surface area contributed by atoms with Crippen LogP contribution < -0.4 is 26.8 Å². The van der Waals surface area contributed by atoms with Gasteiger partial charge in [0.25, 0.3) is 0 Å². The third-order valence-corrected chi connectivity index (χ3v) is 4.67. The number of nitrogens with one attached hydrogen (secondary N) is 2. The minimum absolute atomic E-state index is 0.134. The van der Waals surface area contributed by atoms with Crippen molar-refractivity contribution in [2.75, 3.05) is 5.73 Å². The van der Waals surface area contributed by atoms with Crippen LogP contribution in [0.15, 0.2) is 36.4 Å². The normalized spacial score (nSPS) is 18.6. The van der Waals surface area contributed by atoms with Crippen molar-refractivity contribution in [2.45, 2.75) is 25.9 Å². The van der Waals surface area contributed by atoms with Crippen LogP contribution in [0, 0.1) is 12.8 Å². The smallest absolute Gasteiger partial charge is 0.224 e. The van der Waals surface area contributed by atoms with Crippen LogP contribution in [0.4, 0.5) is 5.69 Å². The molecule has 24 heavy (non-hydrogen) atoms. The Labute approximate surface area is 141 Å². The van der Waals surface area contributed by atoms with E-state index in [1.165, 1.54) is 5.56 Å². The number of nitrogens with two attached hydrogens (primary N) is 1. The second-order valence-electron chi connectivity index (χ2n) is 6.66. The molecule has 0 bridgehead atoms. The Hall–Kier alpha value is -2.75. The molecule has 1 aliphatic carbocycles. The quantitative estimate of drug-likeness (QED) is 0.745. The number of carbonyl (C=O) groups is 1. The minimum atomic E-state index is -0.134. The Morgan fingerprint density at radius 2 is 2.00 bits per heavy atom. The molecule has 4 rings (SSSR count). The summed E-state index contributed by atoms with van der Waals surface area (Å²) in [5.74, 6) is 0.364. The topological polar surface area (TPSA) is 67.2 Å². The molecule has 1 amide bonds. The Morgan fingerprint density at radius 1 is 1.17 bits per heavy atom. The number of fused-ring (bicyclic) bond motifs is 1. The predicted molar refractivity (Wildman–Crippen MR) is 97.0 cm³/mol. The predicted octanol–water partition coefficient (Wildman–Crippen LogP) is 1.22. The summed E-state index contributed by atoms with van der Waals surface area (Å²) in [5.41, 5.74) is 10.2. The zero-order valence-corrected chi connectivity index (χ0v) is 13.7. The van der Waals surface area contributed by atoms with Crippen LogP contribution in [0.25, 0.3) is 23.4 Å². The third kappa shape index (κ3) is 2.87. The second-order valence-corrected chi connectivity index (χ2v) is 6.66. The van der Waals surface area contributed by atoms with Crippen molar-refractivity contribution in [1.82, 2.24) is 10.6 Å². The molecule has 0 aromatic heterocycles. The highest BCUT2D eigenvalue weighted by Crippen LogP contribution is 2.28. The average molecular weight is 319 g/mol. The molecule has 0 spiro atoms. The van der Waals surface area contributed by atoms with Gasteiger partial charge in [0, 0.05) is 17.8 Å². The monoisotopic (exact) mass is 319 g/mol. The SMILES string of the molecule is Cc1ccc(N)cc1-c1ccc2c(c1)=CNC(NC(=O)C1CC1)C=2. The molecule has 2 aromatic carbocycles. The summed E-state index contributed by atoms with van der Waals surface area (Å²) in [6, 6.07) is 12.3. The number of rotatable bonds is 3. The summed E-state index contributed by atoms with van der Waals surface area (Å²) in [5, 5.41) is 8.53. The van der Waals surface area contributed by atoms with Crippen LogP contribution >= 0.6 is 0 Å². The van der Waals surface area contributed by atoms with Crippen LogP contribution in [0.2, 0.25) is 0 Å². The first kappa shape index (κ1) is 14.8. The van der Waals surface area contributed by atoms with Gasteiger partial charge in [-0.1, -0.05) is 18.2 Å². The molecule has 1 aliphatic heterocycles. The van der Waals surface area contributed by atoms with Gasteiger partial charge in [-0.25, -0.2) is 0 Å². The lowest BCUT2D eigenvalue weighted by atomic mass is 9.98. The van der Waals surface area contributed by atoms with Crippen molar-refractivity contribution in [1.29, 1.82) is 0 Å². The highest BCUT2D eigenvalue weighted by Gasteiger charge is 2.30. The van der Waals surface area contributed by atoms with Gasteiger partial charge in [0.15, 0.2) is 0 Å². The third-order valence-electron chi connectivity index (χ3n) is 4.67. The van der Waals surface area contributed by atoms with Gasteiger partial charge in [-0.15, -0.1) is 0 Å². The zero-order chi connectivity index (χ0) is 16.7. The van der Waals surface area contributed by atoms with Crippen molar-refractivity contribution in [3.63, 3.8) is 0 Å². The van der Waals surface area contributed by atoms with Gasteiger partial charge in [-0.05, 0) is 71.2 Å². The fourth-order valence-corrected chi connectivity index (χ4v) is 3.08. The number of nitrogen functional groups attached to an aromatic ring is 1. The Morgan fingerprint density at radius 3 is 2.79 bits per heavy atom. The van der Waals surface area contributed by atoms with Gasteiger partial charge in [-0.2, -0.15) is 0 Å². The minimum Gasteiger partial charge on any atom is -0.399 e. The van der Waals surface area contributed by atoms with E-state index in [1.54, 1.807) is 0 Å². The lowest BCUT2D eigenvalue weighted by molar-refractivity contribution is -0.122. The molecule has 4 N–H and O–H groups in total. The Kier molecular flexibility index (Phi) is 3.53. The van der Waals surface area contributed by atoms with Crippen LogP contribution in [-0.2, 0) is 4.79 Å². The summed E-state index contributed by atoms with van der Waals surface area (Å²) in [6.45, 7) is 2.09. The van der Waals surface area contributed by atoms with E-state index in [1.807, 2.05) is 24.4 Å². The molecule has 0 saturated heterocycles. The van der Waals surface area contributed by atoms with Crippen LogP contribution in [-0.4, -0.2) is 12.1 Å². The van der Waals surface area contributed by atoms with Gasteiger partial charge < -0.3 is 16.4 Å². The van der Waals surface area contributed by atoms with Gasteiger partial charge in [0.2, 0.25) is 5.91 Å². The van der Waals surface area contributed by atoms with Crippen LogP contribution in [0.5, 0.6) is 0 Å². The maximum Gasteiger partial charge on any atom is 0.224 e. The molecule has 1 saturated carbocycles. The zero-order valence-electron chi connectivity index (χ0n) is 13.7. The van der Waals surface area contributed by atoms with E-state index in [0.717, 1.165) is 40.1 Å². The van der Waals surface area contributed by atoms with Gasteiger partial charge in [0.05, 0.1) is 0 Å². The molecular weight excluding hydrogens is 298 g/mol. The molecule has 1 atom stereocenters. The number of benzene rings is 2. The average Bonchev–Trinajstić information content (AvgIpc) is 3.42. The van der Waals surface area contributed by atoms with E-state index in [9.17, 15) is 4.79 Å². The maximum atomic E-state index is 11.9. The van der Waals surface area contributed by atoms with Crippen molar-refractivity contribution in [3.8, 4) is 11.1 Å². The van der Waals surface area contributed by atoms with Gasteiger partial charge >= 0.3 is 0 Å². The number of hydrogen-bond donors (Lipinski definition) is 3. The Balaban J connectivity index is 1.65. The first-order chi connectivity index (χ1) is 11.6. The lowest BCUT2D eigenvalue weighted by Crippen LogP contribution is -2.48. The van der Waals surface area contributed by atoms with E-state index < -0.39 is 0 Å². The first-order valence-electron chi connectivity index (χ1n) is 8.35. The van der Waals surface area contributed by atoms with Crippen LogP contribution in [0.3, 0.4) is 0 Å². The second kappa shape index (κ2) is 5.71. The number of anilines is 1. The molecule has 1 heterocycles. The van der Waals surface area contributed by atoms with Crippen molar-refractivity contribution >= 4 is 23.9 Å². The van der Waals surface area contributed by atoms with Gasteiger partial charge in [-0.3, -0.25) is 4.79 Å². The van der Waals surface area contributed by atoms with E-state index in [4.69, 9.17) is 5.73 Å². The molecule has 122 valence electrons. The molecular formula is C20H21N3O. The number of hydrogen-bond acceptors (Lipinski definition) is 3. The fourth-order valence-electron chi connectivity index (χ4n) is 3.08. The van der Waals surface area contributed by atoms with E-state index in [2.05, 4.69) is 41.8 Å². The van der Waals surface area contributed by atoms with E-state index in [-0.39, 0.29) is 18.0 Å². The molecule has 1 fully saturated rings.